The van der Waals surface area contributed by atoms with E-state index in [1.807, 2.05) is 0 Å². The maximum atomic E-state index is 13.1. The predicted molar refractivity (Wildman–Crippen MR) is 125 cm³/mol. The van der Waals surface area contributed by atoms with Gasteiger partial charge in [0.15, 0.2) is 11.6 Å². The molecule has 1 amide bonds. The molecule has 0 radical (unpaired) electrons. The first-order valence-electron chi connectivity index (χ1n) is 11.0. The Morgan fingerprint density at radius 2 is 1.61 bits per heavy atom. The Kier molecular flexibility index (Phi) is 8.39. The second-order valence-electron chi connectivity index (χ2n) is 8.64. The number of benzene rings is 2. The number of aromatic nitrogens is 3. The van der Waals surface area contributed by atoms with Crippen LogP contribution in [0.1, 0.15) is 25.8 Å². The van der Waals surface area contributed by atoms with Crippen molar-refractivity contribution in [1.29, 1.82) is 0 Å². The number of halogens is 7. The van der Waals surface area contributed by atoms with E-state index in [1.165, 1.54) is 42.5 Å². The van der Waals surface area contributed by atoms with E-state index in [4.69, 9.17) is 16.3 Å². The first-order valence-corrected chi connectivity index (χ1v) is 11.3. The summed E-state index contributed by atoms with van der Waals surface area (Å²) in [4.78, 5) is 24.1. The molecule has 1 aromatic heterocycles. The van der Waals surface area contributed by atoms with Crippen molar-refractivity contribution >= 4 is 17.5 Å². The fourth-order valence-corrected chi connectivity index (χ4v) is 3.19. The van der Waals surface area contributed by atoms with Gasteiger partial charge in [0.1, 0.15) is 11.2 Å². The average Bonchev–Trinajstić information content (AvgIpc) is 2.81. The molecule has 0 spiro atoms. The summed E-state index contributed by atoms with van der Waals surface area (Å²) in [6.07, 6.45) is -10.2. The smallest absolute Gasteiger partial charge is 0.402 e. The van der Waals surface area contributed by atoms with Gasteiger partial charge in [-0.15, -0.1) is 0 Å². The number of alkyl halides is 6. The summed E-state index contributed by atoms with van der Waals surface area (Å²) in [6.45, 7) is 0.739. The third-order valence-corrected chi connectivity index (χ3v) is 5.72. The van der Waals surface area contributed by atoms with Gasteiger partial charge < -0.3 is 15.2 Å². The van der Waals surface area contributed by atoms with Crippen molar-refractivity contribution in [2.45, 2.75) is 39.2 Å². The summed E-state index contributed by atoms with van der Waals surface area (Å²) < 4.78 is 81.3. The van der Waals surface area contributed by atoms with E-state index in [1.54, 1.807) is 0 Å². The van der Waals surface area contributed by atoms with Crippen LogP contribution in [0.15, 0.2) is 42.5 Å². The van der Waals surface area contributed by atoms with Crippen molar-refractivity contribution in [2.75, 3.05) is 6.61 Å². The number of aromatic hydroxyl groups is 1. The molecule has 0 unspecified atom stereocenters. The molecule has 2 aromatic carbocycles. The predicted octanol–water partition coefficient (Wildman–Crippen LogP) is 6.10. The number of nitrogens with zero attached hydrogens (tertiary/aromatic N) is 3. The van der Waals surface area contributed by atoms with E-state index in [9.17, 15) is 36.2 Å². The van der Waals surface area contributed by atoms with Crippen molar-refractivity contribution in [3.63, 3.8) is 0 Å². The van der Waals surface area contributed by atoms with Gasteiger partial charge in [-0.2, -0.15) is 36.3 Å². The quantitative estimate of drug-likeness (QED) is 0.322. The molecule has 0 aliphatic rings. The minimum Gasteiger partial charge on any atom is -0.493 e. The third-order valence-electron chi connectivity index (χ3n) is 5.39. The SMILES string of the molecule is CC(C)(C(=O)NCc1ccc(Cl)c(-c2nc(O)nc(-c3ccc(OCCC(F)(F)F)cc3)n2)c1)C(F)(F)F. The second kappa shape index (κ2) is 11.0. The van der Waals surface area contributed by atoms with Gasteiger partial charge in [-0.05, 0) is 55.8 Å². The maximum absolute atomic E-state index is 13.1. The highest BCUT2D eigenvalue weighted by Crippen LogP contribution is 2.37. The summed E-state index contributed by atoms with van der Waals surface area (Å²) in [7, 11) is 0. The van der Waals surface area contributed by atoms with Gasteiger partial charge in [-0.25, -0.2) is 4.98 Å². The average molecular weight is 563 g/mol. The van der Waals surface area contributed by atoms with Crippen molar-refractivity contribution in [3.8, 4) is 34.5 Å². The molecule has 3 aromatic rings. The van der Waals surface area contributed by atoms with Gasteiger partial charge in [-0.1, -0.05) is 17.7 Å². The van der Waals surface area contributed by atoms with Crippen LogP contribution < -0.4 is 10.1 Å². The van der Waals surface area contributed by atoms with Crippen LogP contribution in [0.2, 0.25) is 5.02 Å². The highest BCUT2D eigenvalue weighted by Gasteiger charge is 2.52. The number of carbonyl (C=O) groups excluding carboxylic acids is 1. The van der Waals surface area contributed by atoms with Crippen LogP contribution in [0, 0.1) is 5.41 Å². The number of hydrogen-bond acceptors (Lipinski definition) is 6. The van der Waals surface area contributed by atoms with Crippen LogP contribution in [0.4, 0.5) is 26.3 Å². The zero-order chi connectivity index (χ0) is 28.3. The van der Waals surface area contributed by atoms with Crippen LogP contribution in [0.25, 0.3) is 22.8 Å². The number of carbonyl (C=O) groups is 1. The lowest BCUT2D eigenvalue weighted by molar-refractivity contribution is -0.211. The van der Waals surface area contributed by atoms with Gasteiger partial charge in [0.05, 0.1) is 18.1 Å². The molecular formula is C24H21ClF6N4O3. The summed E-state index contributed by atoms with van der Waals surface area (Å²) in [5.74, 6) is -1.08. The molecule has 0 atom stereocenters. The molecule has 7 nitrogen and oxygen atoms in total. The first-order chi connectivity index (χ1) is 17.6. The van der Waals surface area contributed by atoms with E-state index in [0.29, 0.717) is 11.1 Å². The number of ether oxygens (including phenoxy) is 1. The van der Waals surface area contributed by atoms with Crippen molar-refractivity contribution < 1.29 is 41.0 Å². The highest BCUT2D eigenvalue weighted by molar-refractivity contribution is 6.33. The second-order valence-corrected chi connectivity index (χ2v) is 9.05. The first kappa shape index (κ1) is 29.0. The standard InChI is InChI=1S/C24H21ClF6N4O3/c1-22(2,24(29,30)31)20(36)32-12-13-3-8-17(25)16(11-13)19-33-18(34-21(37)35-19)14-4-6-15(7-5-14)38-10-9-23(26,27)28/h3-8,11H,9-10,12H2,1-2H3,(H,32,36)(H,33,34,35,37). The van der Waals surface area contributed by atoms with Crippen LogP contribution in [-0.2, 0) is 11.3 Å². The molecular weight excluding hydrogens is 542 g/mol. The molecule has 0 fully saturated rings. The Balaban J connectivity index is 1.80. The minimum atomic E-state index is -4.74. The van der Waals surface area contributed by atoms with Gasteiger partial charge in [0.2, 0.25) is 5.91 Å². The van der Waals surface area contributed by atoms with E-state index in [-0.39, 0.29) is 34.5 Å². The van der Waals surface area contributed by atoms with E-state index >= 15 is 0 Å². The zero-order valence-corrected chi connectivity index (χ0v) is 20.7. The number of amides is 1. The van der Waals surface area contributed by atoms with E-state index in [2.05, 4.69) is 20.3 Å². The monoisotopic (exact) mass is 562 g/mol. The van der Waals surface area contributed by atoms with E-state index < -0.39 is 42.7 Å². The molecule has 2 N–H and O–H groups in total. The van der Waals surface area contributed by atoms with Crippen LogP contribution >= 0.6 is 11.6 Å². The Morgan fingerprint density at radius 3 is 2.21 bits per heavy atom. The van der Waals surface area contributed by atoms with Crippen molar-refractivity contribution in [2.24, 2.45) is 5.41 Å². The Bertz CT molecular complexity index is 1300. The van der Waals surface area contributed by atoms with Crippen molar-refractivity contribution in [3.05, 3.63) is 53.1 Å². The Labute approximate surface area is 217 Å². The molecule has 38 heavy (non-hydrogen) atoms. The number of rotatable bonds is 8. The molecule has 204 valence electrons. The lowest BCUT2D eigenvalue weighted by Gasteiger charge is -2.26. The summed E-state index contributed by atoms with van der Waals surface area (Å²) in [5, 5.41) is 12.5. The van der Waals surface area contributed by atoms with Crippen LogP contribution in [0.5, 0.6) is 11.8 Å². The largest absolute Gasteiger partial charge is 0.493 e. The van der Waals surface area contributed by atoms with Crippen LogP contribution in [-0.4, -0.2) is 44.9 Å². The summed E-state index contributed by atoms with van der Waals surface area (Å²) in [5.41, 5.74) is -1.63. The lowest BCUT2D eigenvalue weighted by Crippen LogP contribution is -2.46. The molecule has 0 bridgehead atoms. The summed E-state index contributed by atoms with van der Waals surface area (Å²) >= 11 is 6.26. The normalized spacial score (nSPS) is 12.3. The lowest BCUT2D eigenvalue weighted by atomic mass is 9.91. The maximum Gasteiger partial charge on any atom is 0.402 e. The highest BCUT2D eigenvalue weighted by atomic mass is 35.5. The van der Waals surface area contributed by atoms with Gasteiger partial charge in [0, 0.05) is 17.7 Å². The minimum absolute atomic E-state index is 0.0102. The fraction of sp³-hybridized carbons (Fsp3) is 0.333. The zero-order valence-electron chi connectivity index (χ0n) is 19.9. The van der Waals surface area contributed by atoms with Gasteiger partial charge in [-0.3, -0.25) is 4.79 Å². The number of nitrogens with one attached hydrogen (secondary N) is 1. The number of hydrogen-bond donors (Lipinski definition) is 2. The van der Waals surface area contributed by atoms with Crippen LogP contribution in [0.3, 0.4) is 0 Å². The molecule has 1 heterocycles. The van der Waals surface area contributed by atoms with E-state index in [0.717, 1.165) is 13.8 Å². The molecule has 0 saturated heterocycles. The van der Waals surface area contributed by atoms with Gasteiger partial charge >= 0.3 is 18.4 Å². The molecule has 0 aliphatic carbocycles. The van der Waals surface area contributed by atoms with Crippen molar-refractivity contribution in [1.82, 2.24) is 20.3 Å². The molecule has 0 saturated carbocycles. The van der Waals surface area contributed by atoms with Gasteiger partial charge in [0.25, 0.3) is 0 Å². The molecule has 3 rings (SSSR count). The third kappa shape index (κ3) is 7.24. The Morgan fingerprint density at radius 1 is 0.974 bits per heavy atom. The Hall–Kier alpha value is -3.61. The molecule has 0 aliphatic heterocycles. The topological polar surface area (TPSA) is 97.2 Å². The fourth-order valence-electron chi connectivity index (χ4n) is 2.98. The summed E-state index contributed by atoms with van der Waals surface area (Å²) in [6, 6.07) is 9.47. The molecule has 14 heteroatoms.